The minimum Gasteiger partial charge on any atom is -0.380 e. The van der Waals surface area contributed by atoms with Gasteiger partial charge in [0.1, 0.15) is 0 Å². The second-order valence-corrected chi connectivity index (χ2v) is 6.74. The number of fused-ring (bicyclic) bond motifs is 2. The van der Waals surface area contributed by atoms with E-state index in [2.05, 4.69) is 46.1 Å². The summed E-state index contributed by atoms with van der Waals surface area (Å²) in [7, 11) is 0. The monoisotopic (exact) mass is 353 g/mol. The van der Waals surface area contributed by atoms with Crippen molar-refractivity contribution in [3.05, 3.63) is 54.4 Å². The van der Waals surface area contributed by atoms with Gasteiger partial charge in [-0.3, -0.25) is 4.99 Å². The van der Waals surface area contributed by atoms with Crippen molar-refractivity contribution in [3.63, 3.8) is 0 Å². The van der Waals surface area contributed by atoms with Gasteiger partial charge in [-0.1, -0.05) is 64.6 Å². The van der Waals surface area contributed by atoms with Gasteiger partial charge in [-0.2, -0.15) is 0 Å². The van der Waals surface area contributed by atoms with E-state index in [9.17, 15) is 0 Å². The molecule has 3 heteroatoms. The quantitative estimate of drug-likeness (QED) is 0.813. The van der Waals surface area contributed by atoms with Crippen molar-refractivity contribution >= 4 is 11.3 Å². The molecule has 3 nitrogen and oxygen atoms in total. The zero-order valence-corrected chi connectivity index (χ0v) is 17.0. The van der Waals surface area contributed by atoms with Gasteiger partial charge in [0.15, 0.2) is 0 Å². The molecule has 0 spiro atoms. The van der Waals surface area contributed by atoms with E-state index >= 15 is 0 Å². The summed E-state index contributed by atoms with van der Waals surface area (Å²) in [6, 6.07) is 11.0. The van der Waals surface area contributed by atoms with Crippen LogP contribution in [0.3, 0.4) is 0 Å². The predicted octanol–water partition coefficient (Wildman–Crippen LogP) is 5.12. The third kappa shape index (κ3) is 5.07. The van der Waals surface area contributed by atoms with Crippen LogP contribution in [-0.4, -0.2) is 36.3 Å². The van der Waals surface area contributed by atoms with E-state index in [0.717, 1.165) is 30.3 Å². The Labute approximate surface area is 159 Å². The average molecular weight is 354 g/mol. The Kier molecular flexibility index (Phi) is 8.11. The molecule has 0 aliphatic carbocycles. The van der Waals surface area contributed by atoms with Gasteiger partial charge in [-0.25, -0.2) is 0 Å². The molecule has 1 aromatic carbocycles. The number of hydrogen-bond donors (Lipinski definition) is 1. The maximum atomic E-state index is 4.59. The first-order valence-electron chi connectivity index (χ1n) is 10.3. The van der Waals surface area contributed by atoms with Crippen LogP contribution >= 0.6 is 0 Å². The molecule has 1 aromatic rings. The summed E-state index contributed by atoms with van der Waals surface area (Å²) >= 11 is 0. The van der Waals surface area contributed by atoms with E-state index in [1.54, 1.807) is 0 Å². The van der Waals surface area contributed by atoms with Gasteiger partial charge in [0.25, 0.3) is 0 Å². The minimum atomic E-state index is 0.539. The molecular formula is C23H35N3. The predicted molar refractivity (Wildman–Crippen MR) is 114 cm³/mol. The van der Waals surface area contributed by atoms with Gasteiger partial charge in [-0.15, -0.1) is 0 Å². The number of rotatable bonds is 4. The van der Waals surface area contributed by atoms with E-state index in [-0.39, 0.29) is 0 Å². The second-order valence-electron chi connectivity index (χ2n) is 6.74. The zero-order chi connectivity index (χ0) is 18.9. The van der Waals surface area contributed by atoms with Crippen molar-refractivity contribution in [1.29, 1.82) is 0 Å². The Bertz CT molecular complexity index is 618. The number of aliphatic imine (C=N–C) groups is 1. The van der Waals surface area contributed by atoms with Gasteiger partial charge in [-0.05, 0) is 36.4 Å². The Morgan fingerprint density at radius 2 is 1.85 bits per heavy atom. The van der Waals surface area contributed by atoms with Crippen molar-refractivity contribution in [3.8, 4) is 0 Å². The molecule has 0 radical (unpaired) electrons. The van der Waals surface area contributed by atoms with Crippen LogP contribution in [0.15, 0.2) is 53.8 Å². The van der Waals surface area contributed by atoms with Crippen LogP contribution in [0.4, 0.5) is 0 Å². The first-order valence-corrected chi connectivity index (χ1v) is 10.3. The normalized spacial score (nSPS) is 25.8. The Hall–Kier alpha value is -1.87. The maximum Gasteiger partial charge on any atom is 0.0673 e. The van der Waals surface area contributed by atoms with Crippen LogP contribution < -0.4 is 5.32 Å². The van der Waals surface area contributed by atoms with E-state index in [4.69, 9.17) is 0 Å². The average Bonchev–Trinajstić information content (AvgIpc) is 3.33. The van der Waals surface area contributed by atoms with E-state index in [1.807, 2.05) is 40.0 Å². The van der Waals surface area contributed by atoms with Crippen molar-refractivity contribution in [2.45, 2.75) is 53.0 Å². The fraction of sp³-hybridized carbons (Fsp3) is 0.522. The molecule has 26 heavy (non-hydrogen) atoms. The lowest BCUT2D eigenvalue weighted by molar-refractivity contribution is 0.229. The van der Waals surface area contributed by atoms with Crippen molar-refractivity contribution in [2.24, 2.45) is 10.9 Å². The van der Waals surface area contributed by atoms with Crippen LogP contribution in [-0.2, 0) is 0 Å². The molecule has 1 N–H and O–H groups in total. The second kappa shape index (κ2) is 10.3. The van der Waals surface area contributed by atoms with E-state index in [0.29, 0.717) is 6.04 Å². The molecule has 3 atom stereocenters. The number of hydrogen-bond acceptors (Lipinski definition) is 3. The highest BCUT2D eigenvalue weighted by Crippen LogP contribution is 2.28. The van der Waals surface area contributed by atoms with Gasteiger partial charge < -0.3 is 10.2 Å². The highest BCUT2D eigenvalue weighted by Gasteiger charge is 2.32. The lowest BCUT2D eigenvalue weighted by Gasteiger charge is -2.31. The largest absolute Gasteiger partial charge is 0.380 e. The molecule has 3 heterocycles. The molecule has 2 saturated heterocycles. The number of benzene rings is 1. The lowest BCUT2D eigenvalue weighted by Crippen LogP contribution is -2.45. The fourth-order valence-electron chi connectivity index (χ4n) is 3.93. The van der Waals surface area contributed by atoms with Gasteiger partial charge in [0.2, 0.25) is 0 Å². The molecule has 3 aliphatic heterocycles. The number of nitrogens with one attached hydrogen (secondary N) is 1. The van der Waals surface area contributed by atoms with Crippen LogP contribution in [0.1, 0.15) is 52.5 Å². The number of piperidine rings is 1. The van der Waals surface area contributed by atoms with Gasteiger partial charge in [0.05, 0.1) is 5.71 Å². The number of allylic oxidation sites excluding steroid dienone is 2. The third-order valence-corrected chi connectivity index (χ3v) is 5.07. The first kappa shape index (κ1) is 20.4. The Balaban J connectivity index is 0.000000570. The van der Waals surface area contributed by atoms with Gasteiger partial charge in [0, 0.05) is 37.4 Å². The smallest absolute Gasteiger partial charge is 0.0673 e. The lowest BCUT2D eigenvalue weighted by atomic mass is 9.96. The molecule has 2 fully saturated rings. The SMILES string of the molecule is C=C(NC1CC2CCN(C2)C1)C1=NC=C(c2ccccc2)C1.CC.CC. The van der Waals surface area contributed by atoms with Crippen LogP contribution in [0.5, 0.6) is 0 Å². The Morgan fingerprint density at radius 1 is 1.12 bits per heavy atom. The summed E-state index contributed by atoms with van der Waals surface area (Å²) in [5, 5.41) is 3.63. The van der Waals surface area contributed by atoms with E-state index < -0.39 is 0 Å². The summed E-state index contributed by atoms with van der Waals surface area (Å²) < 4.78 is 0. The highest BCUT2D eigenvalue weighted by atomic mass is 15.2. The van der Waals surface area contributed by atoms with Crippen LogP contribution in [0, 0.1) is 5.92 Å². The zero-order valence-electron chi connectivity index (χ0n) is 17.0. The summed E-state index contributed by atoms with van der Waals surface area (Å²) in [5.74, 6) is 0.877. The summed E-state index contributed by atoms with van der Waals surface area (Å²) in [5.41, 5.74) is 4.64. The molecule has 142 valence electrons. The molecular weight excluding hydrogens is 318 g/mol. The highest BCUT2D eigenvalue weighted by molar-refractivity contribution is 6.08. The van der Waals surface area contributed by atoms with Crippen LogP contribution in [0.2, 0.25) is 0 Å². The molecule has 2 bridgehead atoms. The van der Waals surface area contributed by atoms with Gasteiger partial charge >= 0.3 is 0 Å². The van der Waals surface area contributed by atoms with Crippen LogP contribution in [0.25, 0.3) is 5.57 Å². The standard InChI is InChI=1S/C19H23N3.2C2H6/c1-14(21-18-9-15-7-8-22(12-15)13-18)19-10-17(11-20-19)16-5-3-2-4-6-16;2*1-2/h2-6,11,15,18,21H,1,7-10,12-13H2;2*1-2H3. The summed E-state index contributed by atoms with van der Waals surface area (Å²) in [6.07, 6.45) is 5.52. The third-order valence-electron chi connectivity index (χ3n) is 5.07. The first-order chi connectivity index (χ1) is 12.8. The number of nitrogens with zero attached hydrogens (tertiary/aromatic N) is 2. The maximum absolute atomic E-state index is 4.59. The summed E-state index contributed by atoms with van der Waals surface area (Å²) in [4.78, 5) is 7.16. The molecule has 3 aliphatic rings. The molecule has 4 rings (SSSR count). The molecule has 0 amide bonds. The molecule has 0 saturated carbocycles. The Morgan fingerprint density at radius 3 is 2.54 bits per heavy atom. The molecule has 0 aromatic heterocycles. The fourth-order valence-corrected chi connectivity index (χ4v) is 3.93. The van der Waals surface area contributed by atoms with Crippen molar-refractivity contribution in [2.75, 3.05) is 19.6 Å². The topological polar surface area (TPSA) is 27.6 Å². The summed E-state index contributed by atoms with van der Waals surface area (Å²) in [6.45, 7) is 16.0. The minimum absolute atomic E-state index is 0.539. The van der Waals surface area contributed by atoms with E-state index in [1.165, 1.54) is 37.1 Å². The van der Waals surface area contributed by atoms with Crippen molar-refractivity contribution < 1.29 is 0 Å². The molecule has 3 unspecified atom stereocenters. The van der Waals surface area contributed by atoms with Crippen molar-refractivity contribution in [1.82, 2.24) is 10.2 Å².